The number of nitrogens with zero attached hydrogens (tertiary/aromatic N) is 2. The van der Waals surface area contributed by atoms with Gasteiger partial charge in [-0.1, -0.05) is 18.2 Å². The molecule has 0 N–H and O–H groups in total. The molecular weight excluding hydrogens is 203 g/mol. The molecule has 0 unspecified atom stereocenters. The Morgan fingerprint density at radius 2 is 1.44 bits per heavy atom. The minimum Gasteiger partial charge on any atom is -0.361 e. The molecule has 0 heterocycles. The maximum atomic E-state index is 12.8. The van der Waals surface area contributed by atoms with Crippen LogP contribution in [-0.2, 0) is 0 Å². The van der Waals surface area contributed by atoms with E-state index in [1.54, 1.807) is 12.1 Å². The summed E-state index contributed by atoms with van der Waals surface area (Å²) >= 11 is 0. The third-order valence-corrected chi connectivity index (χ3v) is 2.26. The zero-order chi connectivity index (χ0) is 11.4. The molecule has 16 heavy (non-hydrogen) atoms. The van der Waals surface area contributed by atoms with Crippen LogP contribution in [0.2, 0.25) is 0 Å². The van der Waals surface area contributed by atoms with Gasteiger partial charge in [0.05, 0.1) is 11.1 Å². The van der Waals surface area contributed by atoms with Crippen molar-refractivity contribution in [1.82, 2.24) is 0 Å². The summed E-state index contributed by atoms with van der Waals surface area (Å²) in [6.07, 6.45) is 0. The predicted octanol–water partition coefficient (Wildman–Crippen LogP) is 2.89. The van der Waals surface area contributed by atoms with Crippen LogP contribution in [0.5, 0.6) is 0 Å². The topological polar surface area (TPSA) is 36.4 Å². The number of hydrogen-bond donors (Lipinski definition) is 0. The largest absolute Gasteiger partial charge is 0.361 e. The van der Waals surface area contributed by atoms with Gasteiger partial charge in [0.25, 0.3) is 0 Å². The van der Waals surface area contributed by atoms with E-state index in [4.69, 9.17) is 5.53 Å². The van der Waals surface area contributed by atoms with Gasteiger partial charge in [-0.25, -0.2) is 4.39 Å². The monoisotopic (exact) mass is 212 g/mol. The van der Waals surface area contributed by atoms with E-state index in [1.165, 1.54) is 12.1 Å². The van der Waals surface area contributed by atoms with Crippen LogP contribution in [0.3, 0.4) is 0 Å². The Morgan fingerprint density at radius 1 is 0.875 bits per heavy atom. The van der Waals surface area contributed by atoms with Gasteiger partial charge in [0.1, 0.15) is 5.82 Å². The SMILES string of the molecule is [N-]=[N+]=C(c1ccccc1)c1ccc(F)cc1. The van der Waals surface area contributed by atoms with Crippen LogP contribution in [0.15, 0.2) is 54.6 Å². The lowest BCUT2D eigenvalue weighted by molar-refractivity contribution is -0.00279. The van der Waals surface area contributed by atoms with Crippen molar-refractivity contribution in [3.63, 3.8) is 0 Å². The highest BCUT2D eigenvalue weighted by molar-refractivity contribution is 6.09. The van der Waals surface area contributed by atoms with Gasteiger partial charge in [-0.15, -0.1) is 0 Å². The lowest BCUT2D eigenvalue weighted by atomic mass is 10.0. The minimum atomic E-state index is -0.311. The molecule has 2 aromatic carbocycles. The molecule has 0 bridgehead atoms. The number of benzene rings is 2. The Balaban J connectivity index is 2.46. The summed E-state index contributed by atoms with van der Waals surface area (Å²) in [5.41, 5.74) is 10.9. The normalized spacial score (nSPS) is 9.56. The minimum absolute atomic E-state index is 0.311. The number of halogens is 1. The summed E-state index contributed by atoms with van der Waals surface area (Å²) in [4.78, 5) is 3.25. The zero-order valence-corrected chi connectivity index (χ0v) is 8.47. The quantitative estimate of drug-likeness (QED) is 0.417. The van der Waals surface area contributed by atoms with E-state index in [2.05, 4.69) is 4.79 Å². The molecule has 2 aromatic rings. The molecule has 0 aliphatic carbocycles. The first-order chi connectivity index (χ1) is 7.81. The summed E-state index contributed by atoms with van der Waals surface area (Å²) in [6.45, 7) is 0. The third-order valence-electron chi connectivity index (χ3n) is 2.26. The fourth-order valence-corrected chi connectivity index (χ4v) is 1.49. The van der Waals surface area contributed by atoms with Crippen molar-refractivity contribution < 1.29 is 9.18 Å². The van der Waals surface area contributed by atoms with Crippen molar-refractivity contribution in [2.24, 2.45) is 0 Å². The molecule has 0 saturated heterocycles. The summed E-state index contributed by atoms with van der Waals surface area (Å²) in [5, 5.41) is 0. The highest BCUT2D eigenvalue weighted by Crippen LogP contribution is 2.09. The van der Waals surface area contributed by atoms with E-state index in [1.807, 2.05) is 30.3 Å². The average molecular weight is 212 g/mol. The summed E-state index contributed by atoms with van der Waals surface area (Å²) in [7, 11) is 0. The van der Waals surface area contributed by atoms with Gasteiger partial charge < -0.3 is 5.53 Å². The maximum absolute atomic E-state index is 12.8. The molecule has 0 aliphatic rings. The molecule has 0 saturated carbocycles. The molecule has 0 spiro atoms. The first-order valence-electron chi connectivity index (χ1n) is 4.84. The second-order valence-electron chi connectivity index (χ2n) is 3.32. The molecule has 0 radical (unpaired) electrons. The van der Waals surface area contributed by atoms with Gasteiger partial charge in [-0.3, -0.25) is 0 Å². The van der Waals surface area contributed by atoms with Crippen molar-refractivity contribution in [1.29, 1.82) is 0 Å². The zero-order valence-electron chi connectivity index (χ0n) is 8.47. The second-order valence-corrected chi connectivity index (χ2v) is 3.32. The molecule has 0 aromatic heterocycles. The Bertz CT molecular complexity index is 526. The standard InChI is InChI=1S/C13H9FN2/c14-12-8-6-11(7-9-12)13(16-15)10-4-2-1-3-5-10/h1-9H. The molecular formula is C13H9FN2. The van der Waals surface area contributed by atoms with Crippen molar-refractivity contribution in [2.75, 3.05) is 0 Å². The van der Waals surface area contributed by atoms with Crippen LogP contribution >= 0.6 is 0 Å². The third kappa shape index (κ3) is 2.05. The first-order valence-corrected chi connectivity index (χ1v) is 4.84. The van der Waals surface area contributed by atoms with E-state index in [0.717, 1.165) is 5.56 Å². The van der Waals surface area contributed by atoms with Crippen molar-refractivity contribution in [3.05, 3.63) is 77.1 Å². The van der Waals surface area contributed by atoms with Gasteiger partial charge >= 0.3 is 5.71 Å². The highest BCUT2D eigenvalue weighted by atomic mass is 19.1. The molecule has 78 valence electrons. The molecule has 0 aliphatic heterocycles. The molecule has 3 heteroatoms. The molecule has 0 atom stereocenters. The maximum Gasteiger partial charge on any atom is 0.329 e. The molecule has 2 nitrogen and oxygen atoms in total. The smallest absolute Gasteiger partial charge is 0.329 e. The van der Waals surface area contributed by atoms with E-state index in [9.17, 15) is 4.39 Å². The van der Waals surface area contributed by atoms with E-state index >= 15 is 0 Å². The van der Waals surface area contributed by atoms with Gasteiger partial charge in [-0.2, -0.15) is 4.79 Å². The summed E-state index contributed by atoms with van der Waals surface area (Å²) in [6, 6.07) is 15.1. The van der Waals surface area contributed by atoms with Crippen LogP contribution in [-0.4, -0.2) is 10.5 Å². The molecule has 0 fully saturated rings. The lowest BCUT2D eigenvalue weighted by Crippen LogP contribution is -2.04. The van der Waals surface area contributed by atoms with Crippen molar-refractivity contribution in [3.8, 4) is 0 Å². The Labute approximate surface area is 92.6 Å². The number of hydrogen-bond acceptors (Lipinski definition) is 0. The highest BCUT2D eigenvalue weighted by Gasteiger charge is 2.14. The van der Waals surface area contributed by atoms with Crippen LogP contribution in [0.25, 0.3) is 5.53 Å². The fraction of sp³-hybridized carbons (Fsp3) is 0. The predicted molar refractivity (Wildman–Crippen MR) is 59.7 cm³/mol. The summed E-state index contributed by atoms with van der Waals surface area (Å²) < 4.78 is 12.8. The molecule has 0 amide bonds. The van der Waals surface area contributed by atoms with Gasteiger partial charge in [0, 0.05) is 0 Å². The average Bonchev–Trinajstić information content (AvgIpc) is 2.34. The Morgan fingerprint density at radius 3 is 2.00 bits per heavy atom. The van der Waals surface area contributed by atoms with Crippen LogP contribution in [0.1, 0.15) is 11.1 Å². The Kier molecular flexibility index (Phi) is 2.90. The van der Waals surface area contributed by atoms with Crippen LogP contribution in [0, 0.1) is 5.82 Å². The van der Waals surface area contributed by atoms with Gasteiger partial charge in [-0.05, 0) is 36.4 Å². The second kappa shape index (κ2) is 4.51. The van der Waals surface area contributed by atoms with E-state index in [0.29, 0.717) is 11.3 Å². The van der Waals surface area contributed by atoms with E-state index in [-0.39, 0.29) is 5.82 Å². The van der Waals surface area contributed by atoms with Crippen molar-refractivity contribution >= 4 is 5.71 Å². The Hall–Kier alpha value is -2.25. The van der Waals surface area contributed by atoms with Crippen molar-refractivity contribution in [2.45, 2.75) is 0 Å². The van der Waals surface area contributed by atoms with Crippen LogP contribution in [0.4, 0.5) is 4.39 Å². The fourth-order valence-electron chi connectivity index (χ4n) is 1.49. The van der Waals surface area contributed by atoms with Crippen LogP contribution < -0.4 is 0 Å². The molecule has 2 rings (SSSR count). The van der Waals surface area contributed by atoms with Gasteiger partial charge in [0.2, 0.25) is 0 Å². The first kappa shape index (κ1) is 10.3. The van der Waals surface area contributed by atoms with E-state index < -0.39 is 0 Å². The number of rotatable bonds is 2. The van der Waals surface area contributed by atoms with Gasteiger partial charge in [0.15, 0.2) is 0 Å². The summed E-state index contributed by atoms with van der Waals surface area (Å²) in [5.74, 6) is -0.311. The lowest BCUT2D eigenvalue weighted by Gasteiger charge is -1.96.